The van der Waals surface area contributed by atoms with Crippen LogP contribution < -0.4 is 5.46 Å². The molecule has 9 heteroatoms. The van der Waals surface area contributed by atoms with E-state index in [1.165, 1.54) is 17.1 Å². The van der Waals surface area contributed by atoms with Gasteiger partial charge in [-0.25, -0.2) is 0 Å². The number of aromatic nitrogens is 2. The predicted molar refractivity (Wildman–Crippen MR) is 94.9 cm³/mol. The van der Waals surface area contributed by atoms with E-state index in [1.54, 1.807) is 18.2 Å². The van der Waals surface area contributed by atoms with Gasteiger partial charge >= 0.3 is 12.8 Å². The van der Waals surface area contributed by atoms with Crippen LogP contribution in [0.3, 0.4) is 0 Å². The highest BCUT2D eigenvalue weighted by molar-refractivity contribution is 6.62. The summed E-state index contributed by atoms with van der Waals surface area (Å²) >= 11 is 0. The van der Waals surface area contributed by atoms with E-state index in [9.17, 15) is 15.4 Å². The van der Waals surface area contributed by atoms with Crippen molar-refractivity contribution < 1.29 is 14.2 Å². The summed E-state index contributed by atoms with van der Waals surface area (Å²) < 4.78 is 13.7. The van der Waals surface area contributed by atoms with Crippen LogP contribution in [0.25, 0.3) is 0 Å². The number of nitro groups is 1. The highest BCUT2D eigenvalue weighted by Gasteiger charge is 2.52. The number of benzene rings is 1. The summed E-state index contributed by atoms with van der Waals surface area (Å²) in [6.07, 6.45) is 2.55. The van der Waals surface area contributed by atoms with Gasteiger partial charge in [-0.15, -0.1) is 0 Å². The van der Waals surface area contributed by atoms with Gasteiger partial charge in [-0.3, -0.25) is 14.8 Å². The van der Waals surface area contributed by atoms with E-state index in [-0.39, 0.29) is 12.2 Å². The van der Waals surface area contributed by atoms with Gasteiger partial charge in [0.05, 0.1) is 34.3 Å². The fraction of sp³-hybridized carbons (Fsp3) is 0.412. The lowest BCUT2D eigenvalue weighted by Crippen LogP contribution is -2.41. The van der Waals surface area contributed by atoms with E-state index < -0.39 is 23.2 Å². The van der Waals surface area contributed by atoms with Crippen LogP contribution in [-0.2, 0) is 15.9 Å². The quantitative estimate of drug-likeness (QED) is 0.473. The van der Waals surface area contributed by atoms with Gasteiger partial charge in [0, 0.05) is 0 Å². The van der Waals surface area contributed by atoms with Crippen LogP contribution in [0.5, 0.6) is 0 Å². The molecule has 0 N–H and O–H groups in total. The summed E-state index contributed by atoms with van der Waals surface area (Å²) in [5, 5.41) is 24.1. The normalized spacial score (nSPS) is 17.9. The molecule has 0 atom stereocenters. The zero-order chi connectivity index (χ0) is 19.1. The monoisotopic (exact) mass is 354 g/mol. The van der Waals surface area contributed by atoms with Gasteiger partial charge in [-0.2, -0.15) is 10.4 Å². The summed E-state index contributed by atoms with van der Waals surface area (Å²) in [5.41, 5.74) is 0.961. The molecule has 3 rings (SSSR count). The lowest BCUT2D eigenvalue weighted by atomic mass is 9.75. The molecular weight excluding hydrogens is 335 g/mol. The smallest absolute Gasteiger partial charge is 0.399 e. The van der Waals surface area contributed by atoms with Crippen molar-refractivity contribution in [2.24, 2.45) is 0 Å². The first-order valence-electron chi connectivity index (χ1n) is 8.18. The number of hydrogen-bond donors (Lipinski definition) is 0. The third-order valence-corrected chi connectivity index (χ3v) is 4.94. The van der Waals surface area contributed by atoms with Gasteiger partial charge < -0.3 is 9.31 Å². The Morgan fingerprint density at radius 1 is 1.31 bits per heavy atom. The molecule has 0 spiro atoms. The standard InChI is InChI=1S/C17H19BN4O4/c1-16(2)17(3,4)26-18(25-16)15-6-5-12(8-19)7-13(15)10-21-11-14(9-20-21)22(23)24/h5-7,9,11H,10H2,1-4H3. The molecule has 8 nitrogen and oxygen atoms in total. The van der Waals surface area contributed by atoms with Crippen molar-refractivity contribution in [3.05, 3.63) is 51.8 Å². The maximum absolute atomic E-state index is 10.9. The van der Waals surface area contributed by atoms with Crippen LogP contribution in [-0.4, -0.2) is 33.0 Å². The second-order valence-corrected chi connectivity index (χ2v) is 7.27. The average Bonchev–Trinajstić information content (AvgIpc) is 3.10. The third-order valence-electron chi connectivity index (χ3n) is 4.94. The Morgan fingerprint density at radius 2 is 1.96 bits per heavy atom. The molecule has 0 saturated carbocycles. The number of rotatable bonds is 4. The first-order valence-corrected chi connectivity index (χ1v) is 8.18. The predicted octanol–water partition coefficient (Wildman–Crippen LogP) is 2.01. The molecule has 2 aromatic rings. The molecule has 0 aliphatic carbocycles. The molecule has 0 bridgehead atoms. The number of nitriles is 1. The van der Waals surface area contributed by atoms with Crippen molar-refractivity contribution in [2.45, 2.75) is 45.4 Å². The minimum atomic E-state index is -0.590. The molecule has 2 heterocycles. The van der Waals surface area contributed by atoms with Crippen molar-refractivity contribution in [1.82, 2.24) is 9.78 Å². The van der Waals surface area contributed by atoms with Gasteiger partial charge in [-0.05, 0) is 50.9 Å². The minimum absolute atomic E-state index is 0.0846. The molecule has 1 saturated heterocycles. The van der Waals surface area contributed by atoms with Crippen LogP contribution >= 0.6 is 0 Å². The summed E-state index contributed by atoms with van der Waals surface area (Å²) in [6, 6.07) is 7.34. The van der Waals surface area contributed by atoms with Crippen molar-refractivity contribution >= 4 is 18.3 Å². The number of nitrogens with zero attached hydrogens (tertiary/aromatic N) is 4. The van der Waals surface area contributed by atoms with Crippen molar-refractivity contribution in [2.75, 3.05) is 0 Å². The van der Waals surface area contributed by atoms with Crippen molar-refractivity contribution in [3.8, 4) is 6.07 Å². The fourth-order valence-electron chi connectivity index (χ4n) is 2.72. The maximum atomic E-state index is 10.9. The molecule has 1 aliphatic rings. The van der Waals surface area contributed by atoms with E-state index in [1.807, 2.05) is 27.7 Å². The summed E-state index contributed by atoms with van der Waals surface area (Å²) in [4.78, 5) is 10.4. The summed E-state index contributed by atoms with van der Waals surface area (Å²) in [6.45, 7) is 8.13. The molecule has 1 fully saturated rings. The van der Waals surface area contributed by atoms with E-state index in [4.69, 9.17) is 9.31 Å². The van der Waals surface area contributed by atoms with Gasteiger partial charge in [0.15, 0.2) is 0 Å². The Morgan fingerprint density at radius 3 is 2.50 bits per heavy atom. The molecule has 1 aliphatic heterocycles. The van der Waals surface area contributed by atoms with E-state index >= 15 is 0 Å². The van der Waals surface area contributed by atoms with Gasteiger partial charge in [-0.1, -0.05) is 6.07 Å². The Kier molecular flexibility index (Phi) is 4.34. The summed E-state index contributed by atoms with van der Waals surface area (Å²) in [5.74, 6) is 0. The SMILES string of the molecule is CC1(C)OB(c2ccc(C#N)cc2Cn2cc([N+](=O)[O-])cn2)OC1(C)C. The largest absolute Gasteiger partial charge is 0.495 e. The maximum Gasteiger partial charge on any atom is 0.495 e. The van der Waals surface area contributed by atoms with Crippen LogP contribution in [0, 0.1) is 21.4 Å². The van der Waals surface area contributed by atoms with E-state index in [0.717, 1.165) is 11.0 Å². The topological polar surface area (TPSA) is 103 Å². The first-order chi connectivity index (χ1) is 12.1. The third kappa shape index (κ3) is 3.21. The van der Waals surface area contributed by atoms with Crippen molar-refractivity contribution in [3.63, 3.8) is 0 Å². The van der Waals surface area contributed by atoms with Crippen LogP contribution in [0.2, 0.25) is 0 Å². The Labute approximate surface area is 151 Å². The number of hydrogen-bond acceptors (Lipinski definition) is 6. The summed E-state index contributed by atoms with van der Waals surface area (Å²) in [7, 11) is -0.590. The second-order valence-electron chi connectivity index (χ2n) is 7.27. The molecule has 1 aromatic carbocycles. The van der Waals surface area contributed by atoms with Crippen LogP contribution in [0.15, 0.2) is 30.6 Å². The first kappa shape index (κ1) is 18.1. The molecule has 0 radical (unpaired) electrons. The van der Waals surface area contributed by atoms with Crippen LogP contribution in [0.4, 0.5) is 5.69 Å². The van der Waals surface area contributed by atoms with Gasteiger partial charge in [0.1, 0.15) is 12.4 Å². The zero-order valence-electron chi connectivity index (χ0n) is 15.1. The van der Waals surface area contributed by atoms with Crippen molar-refractivity contribution in [1.29, 1.82) is 5.26 Å². The lowest BCUT2D eigenvalue weighted by molar-refractivity contribution is -0.385. The molecular formula is C17H19BN4O4. The van der Waals surface area contributed by atoms with Crippen LogP contribution in [0.1, 0.15) is 38.8 Å². The molecule has 134 valence electrons. The van der Waals surface area contributed by atoms with E-state index in [0.29, 0.717) is 5.56 Å². The fourth-order valence-corrected chi connectivity index (χ4v) is 2.72. The Balaban J connectivity index is 1.96. The zero-order valence-corrected chi connectivity index (χ0v) is 15.1. The highest BCUT2D eigenvalue weighted by Crippen LogP contribution is 2.36. The molecule has 0 amide bonds. The average molecular weight is 354 g/mol. The Bertz CT molecular complexity index is 884. The van der Waals surface area contributed by atoms with E-state index in [2.05, 4.69) is 11.2 Å². The van der Waals surface area contributed by atoms with Gasteiger partial charge in [0.2, 0.25) is 0 Å². The molecule has 0 unspecified atom stereocenters. The lowest BCUT2D eigenvalue weighted by Gasteiger charge is -2.32. The van der Waals surface area contributed by atoms with Gasteiger partial charge in [0.25, 0.3) is 0 Å². The minimum Gasteiger partial charge on any atom is -0.399 e. The molecule has 1 aromatic heterocycles. The molecule has 26 heavy (non-hydrogen) atoms. The highest BCUT2D eigenvalue weighted by atomic mass is 16.7. The Hall–Kier alpha value is -2.70. The second kappa shape index (κ2) is 6.23.